The maximum absolute atomic E-state index is 10.3. The molecule has 0 unspecified atom stereocenters. The molecule has 1 aliphatic rings. The maximum atomic E-state index is 10.3. The zero-order valence-corrected chi connectivity index (χ0v) is 19.6. The van der Waals surface area contributed by atoms with E-state index >= 15 is 0 Å². The van der Waals surface area contributed by atoms with Gasteiger partial charge in [0, 0.05) is 57.0 Å². The Labute approximate surface area is 187 Å². The van der Waals surface area contributed by atoms with Crippen LogP contribution in [0.3, 0.4) is 0 Å². The van der Waals surface area contributed by atoms with E-state index in [9.17, 15) is 5.11 Å². The zero-order valence-electron chi connectivity index (χ0n) is 19.6. The minimum Gasteiger partial charge on any atom is -0.389 e. The molecule has 2 heterocycles. The van der Waals surface area contributed by atoms with Gasteiger partial charge in [0.2, 0.25) is 0 Å². The van der Waals surface area contributed by atoms with Gasteiger partial charge < -0.3 is 14.7 Å². The number of anilines is 1. The van der Waals surface area contributed by atoms with Crippen LogP contribution in [0.4, 0.5) is 5.82 Å². The number of aliphatic hydroxyl groups is 1. The van der Waals surface area contributed by atoms with Gasteiger partial charge in [-0.3, -0.25) is 4.90 Å². The second-order valence-electron chi connectivity index (χ2n) is 8.69. The van der Waals surface area contributed by atoms with Crippen LogP contribution in [0.15, 0.2) is 24.3 Å². The number of hydrogen-bond donors (Lipinski definition) is 1. The Hall–Kier alpha value is -2.02. The van der Waals surface area contributed by atoms with Crippen LogP contribution in [0, 0.1) is 20.8 Å². The smallest absolute Gasteiger partial charge is 0.136 e. The van der Waals surface area contributed by atoms with Gasteiger partial charge in [-0.1, -0.05) is 43.2 Å². The minimum atomic E-state index is -0.427. The van der Waals surface area contributed by atoms with E-state index < -0.39 is 6.10 Å². The van der Waals surface area contributed by atoms with Crippen LogP contribution in [0.2, 0.25) is 0 Å². The van der Waals surface area contributed by atoms with E-state index in [0.29, 0.717) is 13.2 Å². The molecule has 0 bridgehead atoms. The first-order valence-corrected chi connectivity index (χ1v) is 11.6. The third kappa shape index (κ3) is 6.99. The third-order valence-corrected chi connectivity index (χ3v) is 5.90. The fourth-order valence-electron chi connectivity index (χ4n) is 4.06. The topological polar surface area (TPSA) is 61.7 Å². The molecule has 31 heavy (non-hydrogen) atoms. The normalized spacial score (nSPS) is 16.0. The van der Waals surface area contributed by atoms with Crippen molar-refractivity contribution >= 4 is 5.82 Å². The van der Waals surface area contributed by atoms with Gasteiger partial charge in [-0.2, -0.15) is 0 Å². The van der Waals surface area contributed by atoms with Gasteiger partial charge in [-0.25, -0.2) is 9.97 Å². The third-order valence-electron chi connectivity index (χ3n) is 5.90. The standard InChI is InChI=1S/C25H38N4O2/c1-5-6-15-31-18-23(30)17-28-11-13-29(14-12-28)25-24(20(3)26-21(4)27-25)16-22-9-7-19(2)8-10-22/h7-10,23,30H,5-6,11-18H2,1-4H3/t23-/m0/s1. The molecule has 0 amide bonds. The summed E-state index contributed by atoms with van der Waals surface area (Å²) >= 11 is 0. The monoisotopic (exact) mass is 426 g/mol. The number of aliphatic hydroxyl groups excluding tert-OH is 1. The van der Waals surface area contributed by atoms with Crippen LogP contribution in [0.25, 0.3) is 0 Å². The lowest BCUT2D eigenvalue weighted by Gasteiger charge is -2.37. The minimum absolute atomic E-state index is 0.422. The number of piperazine rings is 1. The van der Waals surface area contributed by atoms with Crippen molar-refractivity contribution < 1.29 is 9.84 Å². The SMILES string of the molecule is CCCCOC[C@@H](O)CN1CCN(c2nc(C)nc(C)c2Cc2ccc(C)cc2)CC1. The lowest BCUT2D eigenvalue weighted by molar-refractivity contribution is 0.0150. The number of β-amino-alcohol motifs (C(OH)–C–C–N with tert-alkyl or cyclic N) is 1. The number of unbranched alkanes of at least 4 members (excludes halogenated alkanes) is 1. The van der Waals surface area contributed by atoms with Crippen molar-refractivity contribution in [1.29, 1.82) is 0 Å². The molecule has 1 aromatic heterocycles. The van der Waals surface area contributed by atoms with Crippen LogP contribution in [-0.4, -0.2) is 72.0 Å². The van der Waals surface area contributed by atoms with Crippen molar-refractivity contribution in [2.45, 2.75) is 53.1 Å². The molecule has 6 heteroatoms. The molecule has 1 aliphatic heterocycles. The van der Waals surface area contributed by atoms with Crippen LogP contribution < -0.4 is 4.90 Å². The van der Waals surface area contributed by atoms with Crippen molar-refractivity contribution in [3.63, 3.8) is 0 Å². The molecule has 1 aromatic carbocycles. The van der Waals surface area contributed by atoms with Crippen molar-refractivity contribution in [2.75, 3.05) is 50.8 Å². The summed E-state index contributed by atoms with van der Waals surface area (Å²) in [6.45, 7) is 13.8. The summed E-state index contributed by atoms with van der Waals surface area (Å²) in [5, 5.41) is 10.3. The Morgan fingerprint density at radius 3 is 2.42 bits per heavy atom. The molecule has 170 valence electrons. The first-order chi connectivity index (χ1) is 15.0. The lowest BCUT2D eigenvalue weighted by Crippen LogP contribution is -2.49. The Morgan fingerprint density at radius 2 is 1.74 bits per heavy atom. The van der Waals surface area contributed by atoms with E-state index in [1.807, 2.05) is 6.92 Å². The number of nitrogens with zero attached hydrogens (tertiary/aromatic N) is 4. The van der Waals surface area contributed by atoms with Crippen LogP contribution >= 0.6 is 0 Å². The summed E-state index contributed by atoms with van der Waals surface area (Å²) < 4.78 is 5.57. The molecular weight excluding hydrogens is 388 g/mol. The second-order valence-corrected chi connectivity index (χ2v) is 8.69. The summed E-state index contributed by atoms with van der Waals surface area (Å²) in [6.07, 6.45) is 2.58. The van der Waals surface area contributed by atoms with E-state index in [1.54, 1.807) is 0 Å². The van der Waals surface area contributed by atoms with Gasteiger partial charge >= 0.3 is 0 Å². The Balaban J connectivity index is 1.61. The number of benzene rings is 1. The lowest BCUT2D eigenvalue weighted by atomic mass is 10.0. The van der Waals surface area contributed by atoms with Crippen molar-refractivity contribution in [1.82, 2.24) is 14.9 Å². The molecule has 1 atom stereocenters. The highest BCUT2D eigenvalue weighted by molar-refractivity contribution is 5.51. The highest BCUT2D eigenvalue weighted by Crippen LogP contribution is 2.25. The number of ether oxygens (including phenoxy) is 1. The maximum Gasteiger partial charge on any atom is 0.136 e. The first kappa shape index (κ1) is 23.6. The largest absolute Gasteiger partial charge is 0.389 e. The number of aryl methyl sites for hydroxylation is 3. The van der Waals surface area contributed by atoms with Crippen LogP contribution in [-0.2, 0) is 11.2 Å². The van der Waals surface area contributed by atoms with E-state index in [1.165, 1.54) is 16.7 Å². The fraction of sp³-hybridized carbons (Fsp3) is 0.600. The number of aromatic nitrogens is 2. The van der Waals surface area contributed by atoms with Crippen molar-refractivity contribution in [3.8, 4) is 0 Å². The van der Waals surface area contributed by atoms with E-state index in [-0.39, 0.29) is 0 Å². The molecule has 1 N–H and O–H groups in total. The molecule has 1 fully saturated rings. The molecule has 2 aromatic rings. The van der Waals surface area contributed by atoms with Crippen LogP contribution in [0.1, 0.15) is 48.0 Å². The van der Waals surface area contributed by atoms with Gasteiger partial charge in [0.1, 0.15) is 11.6 Å². The van der Waals surface area contributed by atoms with Gasteiger partial charge in [0.15, 0.2) is 0 Å². The predicted octanol–water partition coefficient (Wildman–Crippen LogP) is 3.29. The summed E-state index contributed by atoms with van der Waals surface area (Å²) in [5.41, 5.74) is 4.83. The molecule has 3 rings (SSSR count). The number of rotatable bonds is 10. The van der Waals surface area contributed by atoms with Gasteiger partial charge in [0.05, 0.1) is 12.7 Å². The summed E-state index contributed by atoms with van der Waals surface area (Å²) in [5.74, 6) is 1.89. The van der Waals surface area contributed by atoms with E-state index in [0.717, 1.165) is 69.4 Å². The molecular formula is C25H38N4O2. The van der Waals surface area contributed by atoms with Gasteiger partial charge in [0.25, 0.3) is 0 Å². The molecule has 1 saturated heterocycles. The quantitative estimate of drug-likeness (QED) is 0.588. The predicted molar refractivity (Wildman–Crippen MR) is 126 cm³/mol. The Kier molecular flexibility index (Phi) is 8.81. The summed E-state index contributed by atoms with van der Waals surface area (Å²) in [7, 11) is 0. The van der Waals surface area contributed by atoms with E-state index in [4.69, 9.17) is 9.72 Å². The summed E-state index contributed by atoms with van der Waals surface area (Å²) in [6, 6.07) is 8.71. The first-order valence-electron chi connectivity index (χ1n) is 11.6. The average molecular weight is 427 g/mol. The Bertz CT molecular complexity index is 817. The highest BCUT2D eigenvalue weighted by Gasteiger charge is 2.23. The van der Waals surface area contributed by atoms with Crippen LogP contribution in [0.5, 0.6) is 0 Å². The zero-order chi connectivity index (χ0) is 22.2. The van der Waals surface area contributed by atoms with Crippen molar-refractivity contribution in [2.24, 2.45) is 0 Å². The summed E-state index contributed by atoms with van der Waals surface area (Å²) in [4.78, 5) is 14.2. The van der Waals surface area contributed by atoms with E-state index in [2.05, 4.69) is 59.8 Å². The van der Waals surface area contributed by atoms with Gasteiger partial charge in [-0.05, 0) is 32.8 Å². The second kappa shape index (κ2) is 11.6. The number of hydrogen-bond acceptors (Lipinski definition) is 6. The average Bonchev–Trinajstić information content (AvgIpc) is 2.75. The highest BCUT2D eigenvalue weighted by atomic mass is 16.5. The molecule has 0 spiro atoms. The van der Waals surface area contributed by atoms with Crippen molar-refractivity contribution in [3.05, 3.63) is 52.5 Å². The van der Waals surface area contributed by atoms with Gasteiger partial charge in [-0.15, -0.1) is 0 Å². The molecule has 0 radical (unpaired) electrons. The fourth-order valence-corrected chi connectivity index (χ4v) is 4.06. The molecule has 0 saturated carbocycles. The molecule has 6 nitrogen and oxygen atoms in total. The Morgan fingerprint density at radius 1 is 1.03 bits per heavy atom. The molecule has 0 aliphatic carbocycles.